The average Bonchev–Trinajstić information content (AvgIpc) is 3.28. The molecule has 26 heavy (non-hydrogen) atoms. The highest BCUT2D eigenvalue weighted by Crippen LogP contribution is 2.36. The number of rotatable bonds is 6. The molecule has 5 nitrogen and oxygen atoms in total. The second kappa shape index (κ2) is 7.91. The molecule has 0 spiro atoms. The van der Waals surface area contributed by atoms with Crippen molar-refractivity contribution in [2.75, 3.05) is 26.3 Å². The summed E-state index contributed by atoms with van der Waals surface area (Å²) in [6.45, 7) is 0.954. The summed E-state index contributed by atoms with van der Waals surface area (Å²) in [5.41, 5.74) is 1.18. The summed E-state index contributed by atoms with van der Waals surface area (Å²) >= 11 is 1.85. The smallest absolute Gasteiger partial charge is 0.231 e. The maximum absolute atomic E-state index is 5.83. The quantitative estimate of drug-likeness (QED) is 0.568. The summed E-state index contributed by atoms with van der Waals surface area (Å²) in [6, 6.07) is 16.5. The highest BCUT2D eigenvalue weighted by atomic mass is 32.2. The molecule has 2 heterocycles. The molecule has 6 heteroatoms. The third-order valence-corrected chi connectivity index (χ3v) is 5.81. The van der Waals surface area contributed by atoms with Crippen LogP contribution >= 0.6 is 11.8 Å². The Labute approximate surface area is 157 Å². The van der Waals surface area contributed by atoms with E-state index in [1.165, 1.54) is 10.5 Å². The van der Waals surface area contributed by atoms with Crippen LogP contribution in [-0.2, 0) is 16.0 Å². The Morgan fingerprint density at radius 3 is 2.77 bits per heavy atom. The Balaban J connectivity index is 1.48. The molecule has 0 bridgehead atoms. The monoisotopic (exact) mass is 371 g/mol. The van der Waals surface area contributed by atoms with E-state index in [-0.39, 0.29) is 12.7 Å². The van der Waals surface area contributed by atoms with Crippen molar-refractivity contribution in [2.45, 2.75) is 11.3 Å². The number of hydrogen-bond acceptors (Lipinski definition) is 6. The summed E-state index contributed by atoms with van der Waals surface area (Å²) in [5, 5.41) is 4.11. The molecular weight excluding hydrogens is 350 g/mol. The van der Waals surface area contributed by atoms with Gasteiger partial charge < -0.3 is 19.0 Å². The van der Waals surface area contributed by atoms with Crippen molar-refractivity contribution in [1.82, 2.24) is 0 Å². The van der Waals surface area contributed by atoms with Gasteiger partial charge in [0.25, 0.3) is 0 Å². The predicted molar refractivity (Wildman–Crippen MR) is 101 cm³/mol. The molecule has 2 atom stereocenters. The molecule has 0 radical (unpaired) electrons. The van der Waals surface area contributed by atoms with Crippen molar-refractivity contribution >= 4 is 17.7 Å². The average molecular weight is 371 g/mol. The fraction of sp³-hybridized carbons (Fsp3) is 0.350. The van der Waals surface area contributed by atoms with Gasteiger partial charge in [-0.25, -0.2) is 0 Å². The number of benzene rings is 2. The van der Waals surface area contributed by atoms with E-state index in [0.717, 1.165) is 23.7 Å². The lowest BCUT2D eigenvalue weighted by molar-refractivity contribution is 0.174. The van der Waals surface area contributed by atoms with Crippen LogP contribution in [0, 0.1) is 11.8 Å². The van der Waals surface area contributed by atoms with Crippen LogP contribution in [0.25, 0.3) is 0 Å². The van der Waals surface area contributed by atoms with E-state index >= 15 is 0 Å². The molecule has 4 rings (SSSR count). The Kier molecular flexibility index (Phi) is 5.20. The molecule has 0 N–H and O–H groups in total. The summed E-state index contributed by atoms with van der Waals surface area (Å²) in [5.74, 6) is 3.83. The summed E-state index contributed by atoms with van der Waals surface area (Å²) in [7, 11) is 1.56. The van der Waals surface area contributed by atoms with Crippen molar-refractivity contribution in [3.05, 3.63) is 54.1 Å². The first-order valence-corrected chi connectivity index (χ1v) is 9.62. The second-order valence-corrected chi connectivity index (χ2v) is 7.40. The van der Waals surface area contributed by atoms with Crippen LogP contribution < -0.4 is 9.47 Å². The van der Waals surface area contributed by atoms with E-state index in [1.807, 2.05) is 30.0 Å². The molecule has 2 aliphatic rings. The molecule has 1 saturated heterocycles. The minimum absolute atomic E-state index is 0.187. The van der Waals surface area contributed by atoms with E-state index in [4.69, 9.17) is 19.0 Å². The number of oxime groups is 1. The lowest BCUT2D eigenvalue weighted by atomic mass is 9.90. The van der Waals surface area contributed by atoms with Crippen molar-refractivity contribution in [3.63, 3.8) is 0 Å². The topological polar surface area (TPSA) is 49.3 Å². The lowest BCUT2D eigenvalue weighted by Gasteiger charge is -2.16. The largest absolute Gasteiger partial charge is 0.478 e. The highest BCUT2D eigenvalue weighted by molar-refractivity contribution is 7.99. The molecule has 2 aliphatic heterocycles. The Morgan fingerprint density at radius 2 is 1.92 bits per heavy atom. The van der Waals surface area contributed by atoms with E-state index < -0.39 is 0 Å². The molecule has 0 aliphatic carbocycles. The molecule has 0 saturated carbocycles. The van der Waals surface area contributed by atoms with Crippen molar-refractivity contribution in [2.24, 2.45) is 17.0 Å². The fourth-order valence-electron chi connectivity index (χ4n) is 3.26. The second-order valence-electron chi connectivity index (χ2n) is 6.31. The zero-order valence-corrected chi connectivity index (χ0v) is 15.4. The van der Waals surface area contributed by atoms with Crippen LogP contribution in [0.1, 0.15) is 5.56 Å². The van der Waals surface area contributed by atoms with Gasteiger partial charge in [-0.15, -0.1) is 11.8 Å². The van der Waals surface area contributed by atoms with Crippen LogP contribution in [-0.4, -0.2) is 32.2 Å². The van der Waals surface area contributed by atoms with Gasteiger partial charge in [-0.05, 0) is 36.2 Å². The first kappa shape index (κ1) is 17.1. The molecular formula is C20H21NO4S. The first-order valence-electron chi connectivity index (χ1n) is 8.63. The minimum atomic E-state index is 0.187. The van der Waals surface area contributed by atoms with Gasteiger partial charge in [-0.1, -0.05) is 29.4 Å². The zero-order chi connectivity index (χ0) is 17.8. The van der Waals surface area contributed by atoms with Gasteiger partial charge >= 0.3 is 0 Å². The number of thioether (sulfide) groups is 1. The summed E-state index contributed by atoms with van der Waals surface area (Å²) < 4.78 is 16.7. The van der Waals surface area contributed by atoms with Crippen molar-refractivity contribution < 1.29 is 19.0 Å². The van der Waals surface area contributed by atoms with Crippen molar-refractivity contribution in [1.29, 1.82) is 0 Å². The van der Waals surface area contributed by atoms with Gasteiger partial charge in [-0.3, -0.25) is 0 Å². The third kappa shape index (κ3) is 3.75. The van der Waals surface area contributed by atoms with Gasteiger partial charge in [0.15, 0.2) is 11.5 Å². The van der Waals surface area contributed by atoms with E-state index in [1.54, 1.807) is 7.11 Å². The van der Waals surface area contributed by atoms with Crippen LogP contribution in [0.5, 0.6) is 11.5 Å². The van der Waals surface area contributed by atoms with Crippen LogP contribution in [0.2, 0.25) is 0 Å². The number of fused-ring (bicyclic) bond motifs is 1. The SMILES string of the molecule is CO/N=C1\OC[C@H](CSc2ccccc2)[C@@H]1Cc1ccc2c(c1)OCO2. The molecule has 136 valence electrons. The number of hydrogen-bond donors (Lipinski definition) is 0. The fourth-order valence-corrected chi connectivity index (χ4v) is 4.35. The first-order chi connectivity index (χ1) is 12.8. The molecule has 2 aromatic carbocycles. The minimum Gasteiger partial charge on any atom is -0.478 e. The maximum Gasteiger partial charge on any atom is 0.231 e. The van der Waals surface area contributed by atoms with Gasteiger partial charge in [-0.2, -0.15) is 0 Å². The Morgan fingerprint density at radius 1 is 1.08 bits per heavy atom. The van der Waals surface area contributed by atoms with Crippen LogP contribution in [0.4, 0.5) is 0 Å². The van der Waals surface area contributed by atoms with E-state index in [9.17, 15) is 0 Å². The number of ether oxygens (including phenoxy) is 3. The van der Waals surface area contributed by atoms with Crippen LogP contribution in [0.3, 0.4) is 0 Å². The lowest BCUT2D eigenvalue weighted by Crippen LogP contribution is -2.21. The van der Waals surface area contributed by atoms with Crippen LogP contribution in [0.15, 0.2) is 58.6 Å². The Hall–Kier alpha value is -2.34. The third-order valence-electron chi connectivity index (χ3n) is 4.61. The van der Waals surface area contributed by atoms with Crippen molar-refractivity contribution in [3.8, 4) is 11.5 Å². The van der Waals surface area contributed by atoms with E-state index in [2.05, 4.69) is 35.5 Å². The molecule has 1 fully saturated rings. The van der Waals surface area contributed by atoms with Gasteiger partial charge in [0, 0.05) is 22.5 Å². The molecule has 0 unspecified atom stereocenters. The molecule has 0 aromatic heterocycles. The summed E-state index contributed by atoms with van der Waals surface area (Å²) in [6.07, 6.45) is 0.832. The van der Waals surface area contributed by atoms with E-state index in [0.29, 0.717) is 18.4 Å². The molecule has 0 amide bonds. The highest BCUT2D eigenvalue weighted by Gasteiger charge is 2.36. The predicted octanol–water partition coefficient (Wildman–Crippen LogP) is 3.97. The maximum atomic E-state index is 5.83. The van der Waals surface area contributed by atoms with Gasteiger partial charge in [0.1, 0.15) is 7.11 Å². The number of nitrogens with zero attached hydrogens (tertiary/aromatic N) is 1. The zero-order valence-electron chi connectivity index (χ0n) is 14.6. The molecule has 2 aromatic rings. The van der Waals surface area contributed by atoms with Gasteiger partial charge in [0.05, 0.1) is 6.61 Å². The normalized spacial score (nSPS) is 22.4. The summed E-state index contributed by atoms with van der Waals surface area (Å²) in [4.78, 5) is 6.26. The Bertz CT molecular complexity index is 781. The standard InChI is InChI=1S/C20H21NO4S/c1-22-21-20-17(9-14-7-8-18-19(10-14)25-13-24-18)15(11-23-20)12-26-16-5-3-2-4-6-16/h2-8,10,15,17H,9,11-13H2,1H3/b21-20-/t15-,17+/m1/s1. The van der Waals surface area contributed by atoms with Gasteiger partial charge in [0.2, 0.25) is 12.7 Å².